The van der Waals surface area contributed by atoms with Gasteiger partial charge in [0.15, 0.2) is 0 Å². The van der Waals surface area contributed by atoms with Gasteiger partial charge in [0.2, 0.25) is 0 Å². The lowest BCUT2D eigenvalue weighted by molar-refractivity contribution is 0.0384. The molecule has 1 aromatic heterocycles. The quantitative estimate of drug-likeness (QED) is 0.706. The van der Waals surface area contributed by atoms with Crippen LogP contribution in [-0.2, 0) is 18.3 Å². The van der Waals surface area contributed by atoms with Crippen molar-refractivity contribution in [1.82, 2.24) is 19.8 Å². The van der Waals surface area contributed by atoms with E-state index in [2.05, 4.69) is 15.2 Å². The molecule has 5 nitrogen and oxygen atoms in total. The van der Waals surface area contributed by atoms with Crippen LogP contribution in [0.2, 0.25) is 0 Å². The van der Waals surface area contributed by atoms with Crippen molar-refractivity contribution in [3.8, 4) is 0 Å². The van der Waals surface area contributed by atoms with Crippen LogP contribution in [-0.4, -0.2) is 53.8 Å². The van der Waals surface area contributed by atoms with Crippen molar-refractivity contribution in [3.63, 3.8) is 0 Å². The van der Waals surface area contributed by atoms with E-state index in [1.54, 1.807) is 0 Å². The van der Waals surface area contributed by atoms with Crippen LogP contribution in [0, 0.1) is 0 Å². The van der Waals surface area contributed by atoms with E-state index in [0.29, 0.717) is 0 Å². The molecule has 1 saturated heterocycles. The summed E-state index contributed by atoms with van der Waals surface area (Å²) in [6.45, 7) is 6.89. The van der Waals surface area contributed by atoms with E-state index in [0.717, 1.165) is 45.9 Å². The zero-order chi connectivity index (χ0) is 11.2. The van der Waals surface area contributed by atoms with E-state index >= 15 is 0 Å². The third kappa shape index (κ3) is 3.30. The highest BCUT2D eigenvalue weighted by atomic mass is 16.5. The molecular formula is C11H20N4O. The topological polar surface area (TPSA) is 42.3 Å². The minimum atomic E-state index is 0.877. The first kappa shape index (κ1) is 11.6. The summed E-state index contributed by atoms with van der Waals surface area (Å²) in [5.74, 6) is 0. The molecule has 1 N–H and O–H groups in total. The second-order valence-electron chi connectivity index (χ2n) is 4.13. The minimum Gasteiger partial charge on any atom is -0.379 e. The summed E-state index contributed by atoms with van der Waals surface area (Å²) in [4.78, 5) is 6.52. The van der Waals surface area contributed by atoms with E-state index in [-0.39, 0.29) is 0 Å². The van der Waals surface area contributed by atoms with Gasteiger partial charge in [-0.25, -0.2) is 4.98 Å². The zero-order valence-electron chi connectivity index (χ0n) is 9.85. The van der Waals surface area contributed by atoms with Gasteiger partial charge in [0.1, 0.15) is 0 Å². The van der Waals surface area contributed by atoms with Crippen molar-refractivity contribution < 1.29 is 4.74 Å². The van der Waals surface area contributed by atoms with Gasteiger partial charge in [0.25, 0.3) is 0 Å². The first-order valence-electron chi connectivity index (χ1n) is 5.82. The maximum atomic E-state index is 5.31. The van der Waals surface area contributed by atoms with Crippen LogP contribution in [0.15, 0.2) is 12.5 Å². The van der Waals surface area contributed by atoms with Gasteiger partial charge in [-0.2, -0.15) is 0 Å². The largest absolute Gasteiger partial charge is 0.379 e. The summed E-state index contributed by atoms with van der Waals surface area (Å²) in [5, 5.41) is 3.43. The highest BCUT2D eigenvalue weighted by molar-refractivity contribution is 4.96. The van der Waals surface area contributed by atoms with Crippen molar-refractivity contribution in [2.75, 3.05) is 39.4 Å². The van der Waals surface area contributed by atoms with E-state index in [9.17, 15) is 0 Å². The van der Waals surface area contributed by atoms with Crippen molar-refractivity contribution in [2.45, 2.75) is 6.54 Å². The highest BCUT2D eigenvalue weighted by Gasteiger charge is 2.08. The second-order valence-corrected chi connectivity index (χ2v) is 4.13. The molecule has 2 heterocycles. The summed E-state index contributed by atoms with van der Waals surface area (Å²) in [5.41, 5.74) is 1.22. The van der Waals surface area contributed by atoms with E-state index in [1.807, 2.05) is 24.1 Å². The first-order valence-corrected chi connectivity index (χ1v) is 5.82. The lowest BCUT2D eigenvalue weighted by Crippen LogP contribution is -2.40. The minimum absolute atomic E-state index is 0.877. The smallest absolute Gasteiger partial charge is 0.0945 e. The van der Waals surface area contributed by atoms with Crippen molar-refractivity contribution in [2.24, 2.45) is 7.05 Å². The van der Waals surface area contributed by atoms with Crippen molar-refractivity contribution in [1.29, 1.82) is 0 Å². The molecule has 0 bridgehead atoms. The van der Waals surface area contributed by atoms with Gasteiger partial charge in [-0.1, -0.05) is 0 Å². The van der Waals surface area contributed by atoms with Gasteiger partial charge in [0, 0.05) is 46.0 Å². The Balaban J connectivity index is 1.59. The molecule has 0 spiro atoms. The Morgan fingerprint density at radius 2 is 2.25 bits per heavy atom. The molecular weight excluding hydrogens is 204 g/mol. The summed E-state index contributed by atoms with van der Waals surface area (Å²) in [6, 6.07) is 0. The van der Waals surface area contributed by atoms with Gasteiger partial charge < -0.3 is 14.6 Å². The third-order valence-electron chi connectivity index (χ3n) is 2.93. The predicted octanol–water partition coefficient (Wildman–Crippen LogP) is -0.158. The number of rotatable bonds is 5. The summed E-state index contributed by atoms with van der Waals surface area (Å²) >= 11 is 0. The molecule has 16 heavy (non-hydrogen) atoms. The number of imidazole rings is 1. The molecule has 0 aromatic carbocycles. The van der Waals surface area contributed by atoms with E-state index in [1.165, 1.54) is 5.69 Å². The Morgan fingerprint density at radius 1 is 1.44 bits per heavy atom. The van der Waals surface area contributed by atoms with Crippen LogP contribution in [0.5, 0.6) is 0 Å². The molecule has 0 amide bonds. The van der Waals surface area contributed by atoms with Crippen LogP contribution in [0.1, 0.15) is 5.69 Å². The van der Waals surface area contributed by atoms with Gasteiger partial charge in [-0.15, -0.1) is 0 Å². The monoisotopic (exact) mass is 224 g/mol. The summed E-state index contributed by atoms with van der Waals surface area (Å²) < 4.78 is 7.35. The number of nitrogens with zero attached hydrogens (tertiary/aromatic N) is 3. The molecule has 0 atom stereocenters. The van der Waals surface area contributed by atoms with Crippen LogP contribution in [0.4, 0.5) is 0 Å². The number of morpholine rings is 1. The maximum Gasteiger partial charge on any atom is 0.0945 e. The summed E-state index contributed by atoms with van der Waals surface area (Å²) in [6.07, 6.45) is 3.74. The Hall–Kier alpha value is -0.910. The number of aryl methyl sites for hydroxylation is 1. The number of hydrogen-bond donors (Lipinski definition) is 1. The number of aromatic nitrogens is 2. The van der Waals surface area contributed by atoms with Crippen LogP contribution in [0.3, 0.4) is 0 Å². The summed E-state index contributed by atoms with van der Waals surface area (Å²) in [7, 11) is 2.02. The lowest BCUT2D eigenvalue weighted by Gasteiger charge is -2.26. The normalized spacial score (nSPS) is 17.8. The molecule has 0 unspecified atom stereocenters. The Morgan fingerprint density at radius 3 is 2.94 bits per heavy atom. The van der Waals surface area contributed by atoms with Gasteiger partial charge in [-0.05, 0) is 0 Å². The molecule has 1 aliphatic heterocycles. The van der Waals surface area contributed by atoms with Crippen LogP contribution >= 0.6 is 0 Å². The molecule has 1 fully saturated rings. The Kier molecular flexibility index (Phi) is 4.33. The van der Waals surface area contributed by atoms with Crippen LogP contribution < -0.4 is 5.32 Å². The molecule has 1 aromatic rings. The maximum absolute atomic E-state index is 5.31. The fourth-order valence-corrected chi connectivity index (χ4v) is 1.83. The second kappa shape index (κ2) is 5.98. The highest BCUT2D eigenvalue weighted by Crippen LogP contribution is 1.96. The van der Waals surface area contributed by atoms with Crippen LogP contribution in [0.25, 0.3) is 0 Å². The molecule has 2 rings (SSSR count). The Bertz CT molecular complexity index is 307. The average Bonchev–Trinajstić information content (AvgIpc) is 2.72. The molecule has 5 heteroatoms. The fraction of sp³-hybridized carbons (Fsp3) is 0.727. The van der Waals surface area contributed by atoms with Crippen molar-refractivity contribution in [3.05, 3.63) is 18.2 Å². The number of nitrogens with one attached hydrogen (secondary N) is 1. The standard InChI is InChI=1S/C11H20N4O/c1-14-10-13-9-11(14)8-12-2-3-15-4-6-16-7-5-15/h9-10,12H,2-8H2,1H3. The van der Waals surface area contributed by atoms with Gasteiger partial charge in [0.05, 0.1) is 25.2 Å². The molecule has 1 aliphatic rings. The SMILES string of the molecule is Cn1cncc1CNCCN1CCOCC1. The molecule has 0 saturated carbocycles. The fourth-order valence-electron chi connectivity index (χ4n) is 1.83. The van der Waals surface area contributed by atoms with Gasteiger partial charge >= 0.3 is 0 Å². The van der Waals surface area contributed by atoms with Gasteiger partial charge in [-0.3, -0.25) is 4.90 Å². The van der Waals surface area contributed by atoms with E-state index < -0.39 is 0 Å². The Labute approximate surface area is 96.4 Å². The third-order valence-corrected chi connectivity index (χ3v) is 2.93. The predicted molar refractivity (Wildman–Crippen MR) is 62.2 cm³/mol. The molecule has 0 radical (unpaired) electrons. The van der Waals surface area contributed by atoms with Crippen molar-refractivity contribution >= 4 is 0 Å². The van der Waals surface area contributed by atoms with E-state index in [4.69, 9.17) is 4.74 Å². The molecule has 90 valence electrons. The number of hydrogen-bond acceptors (Lipinski definition) is 4. The number of ether oxygens (including phenoxy) is 1. The zero-order valence-corrected chi connectivity index (χ0v) is 9.85. The lowest BCUT2D eigenvalue weighted by atomic mass is 10.4. The average molecular weight is 224 g/mol. The molecule has 0 aliphatic carbocycles. The first-order chi connectivity index (χ1) is 7.86.